The number of aryl methyl sites for hydroxylation is 1. The first kappa shape index (κ1) is 11.1. The van der Waals surface area contributed by atoms with Crippen LogP contribution in [0.3, 0.4) is 0 Å². The summed E-state index contributed by atoms with van der Waals surface area (Å²) in [6.07, 6.45) is 3.04. The van der Waals surface area contributed by atoms with Crippen molar-refractivity contribution in [3.05, 3.63) is 47.0 Å². The molecule has 1 aromatic carbocycles. The molecule has 0 spiro atoms. The summed E-state index contributed by atoms with van der Waals surface area (Å²) in [5.41, 5.74) is 2.01. The SMILES string of the molecule is CNC(C1=CCCO1)c1ccc(F)cc1C. The molecule has 1 unspecified atom stereocenters. The molecule has 0 fully saturated rings. The molecule has 2 nitrogen and oxygen atoms in total. The molecule has 0 aliphatic carbocycles. The molecule has 2 rings (SSSR count). The van der Waals surface area contributed by atoms with Crippen LogP contribution in [-0.2, 0) is 4.74 Å². The van der Waals surface area contributed by atoms with Gasteiger partial charge in [-0.2, -0.15) is 0 Å². The molecule has 1 N–H and O–H groups in total. The summed E-state index contributed by atoms with van der Waals surface area (Å²) in [6, 6.07) is 4.88. The summed E-state index contributed by atoms with van der Waals surface area (Å²) in [7, 11) is 1.88. The van der Waals surface area contributed by atoms with Crippen molar-refractivity contribution in [2.24, 2.45) is 0 Å². The minimum Gasteiger partial charge on any atom is -0.496 e. The Morgan fingerprint density at radius 2 is 2.25 bits per heavy atom. The average molecular weight is 221 g/mol. The molecule has 16 heavy (non-hydrogen) atoms. The van der Waals surface area contributed by atoms with Crippen LogP contribution in [0.2, 0.25) is 0 Å². The molecule has 0 amide bonds. The molecule has 0 aromatic heterocycles. The molecule has 0 saturated carbocycles. The van der Waals surface area contributed by atoms with E-state index in [1.54, 1.807) is 6.07 Å². The van der Waals surface area contributed by atoms with Crippen molar-refractivity contribution in [2.75, 3.05) is 13.7 Å². The Balaban J connectivity index is 2.32. The van der Waals surface area contributed by atoms with E-state index < -0.39 is 0 Å². The van der Waals surface area contributed by atoms with Crippen LogP contribution in [0.25, 0.3) is 0 Å². The third-order valence-electron chi connectivity index (χ3n) is 2.85. The lowest BCUT2D eigenvalue weighted by atomic mass is 9.99. The molecule has 1 aromatic rings. The first-order valence-electron chi connectivity index (χ1n) is 5.48. The normalized spacial score (nSPS) is 16.8. The quantitative estimate of drug-likeness (QED) is 0.847. The van der Waals surface area contributed by atoms with Gasteiger partial charge in [0.25, 0.3) is 0 Å². The molecule has 3 heteroatoms. The van der Waals surface area contributed by atoms with Crippen LogP contribution in [-0.4, -0.2) is 13.7 Å². The summed E-state index contributed by atoms with van der Waals surface area (Å²) in [4.78, 5) is 0. The van der Waals surface area contributed by atoms with Crippen molar-refractivity contribution in [2.45, 2.75) is 19.4 Å². The van der Waals surface area contributed by atoms with Gasteiger partial charge in [-0.05, 0) is 43.3 Å². The highest BCUT2D eigenvalue weighted by molar-refractivity contribution is 5.34. The van der Waals surface area contributed by atoms with Gasteiger partial charge in [-0.3, -0.25) is 0 Å². The predicted molar refractivity (Wildman–Crippen MR) is 61.6 cm³/mol. The van der Waals surface area contributed by atoms with Crippen LogP contribution in [0.1, 0.15) is 23.6 Å². The van der Waals surface area contributed by atoms with Crippen molar-refractivity contribution < 1.29 is 9.13 Å². The van der Waals surface area contributed by atoms with Crippen LogP contribution in [0.15, 0.2) is 30.0 Å². The highest BCUT2D eigenvalue weighted by Crippen LogP contribution is 2.28. The van der Waals surface area contributed by atoms with E-state index in [4.69, 9.17) is 4.74 Å². The Morgan fingerprint density at radius 1 is 1.44 bits per heavy atom. The largest absolute Gasteiger partial charge is 0.496 e. The third-order valence-corrected chi connectivity index (χ3v) is 2.85. The van der Waals surface area contributed by atoms with Crippen LogP contribution in [0, 0.1) is 12.7 Å². The maximum atomic E-state index is 13.0. The molecular formula is C13H16FNO. The Hall–Kier alpha value is -1.35. The lowest BCUT2D eigenvalue weighted by Crippen LogP contribution is -2.20. The third kappa shape index (κ3) is 2.09. The van der Waals surface area contributed by atoms with Crippen LogP contribution in [0.5, 0.6) is 0 Å². The Morgan fingerprint density at radius 3 is 2.81 bits per heavy atom. The van der Waals surface area contributed by atoms with E-state index in [0.717, 1.165) is 29.9 Å². The predicted octanol–water partition coefficient (Wildman–Crippen LogP) is 2.70. The zero-order valence-electron chi connectivity index (χ0n) is 9.59. The standard InChI is InChI=1S/C13H16FNO/c1-9-8-10(14)5-6-11(9)13(15-2)12-4-3-7-16-12/h4-6,8,13,15H,3,7H2,1-2H3. The molecule has 86 valence electrons. The Labute approximate surface area is 95.1 Å². The van der Waals surface area contributed by atoms with E-state index >= 15 is 0 Å². The van der Waals surface area contributed by atoms with Gasteiger partial charge in [-0.15, -0.1) is 0 Å². The monoisotopic (exact) mass is 221 g/mol. The minimum atomic E-state index is -0.197. The van der Waals surface area contributed by atoms with Crippen molar-refractivity contribution >= 4 is 0 Å². The lowest BCUT2D eigenvalue weighted by molar-refractivity contribution is 0.218. The number of likely N-dealkylation sites (N-methyl/N-ethyl adjacent to an activating group) is 1. The number of ether oxygens (including phenoxy) is 1. The fraction of sp³-hybridized carbons (Fsp3) is 0.385. The summed E-state index contributed by atoms with van der Waals surface area (Å²) >= 11 is 0. The first-order valence-corrected chi connectivity index (χ1v) is 5.48. The van der Waals surface area contributed by atoms with Crippen molar-refractivity contribution in [1.82, 2.24) is 5.32 Å². The Kier molecular flexibility index (Phi) is 3.25. The summed E-state index contributed by atoms with van der Waals surface area (Å²) in [6.45, 7) is 2.66. The molecular weight excluding hydrogens is 205 g/mol. The zero-order chi connectivity index (χ0) is 11.5. The van der Waals surface area contributed by atoms with E-state index in [1.807, 2.05) is 20.0 Å². The van der Waals surface area contributed by atoms with Crippen LogP contribution >= 0.6 is 0 Å². The van der Waals surface area contributed by atoms with Gasteiger partial charge in [0.15, 0.2) is 0 Å². The van der Waals surface area contributed by atoms with E-state index in [-0.39, 0.29) is 11.9 Å². The van der Waals surface area contributed by atoms with Crippen LogP contribution in [0.4, 0.5) is 4.39 Å². The van der Waals surface area contributed by atoms with Gasteiger partial charge in [0.05, 0.1) is 12.6 Å². The van der Waals surface area contributed by atoms with Crippen LogP contribution < -0.4 is 5.32 Å². The maximum Gasteiger partial charge on any atom is 0.123 e. The van der Waals surface area contributed by atoms with Gasteiger partial charge >= 0.3 is 0 Å². The fourth-order valence-electron chi connectivity index (χ4n) is 2.05. The maximum absolute atomic E-state index is 13.0. The second-order valence-electron chi connectivity index (χ2n) is 3.97. The zero-order valence-corrected chi connectivity index (χ0v) is 9.59. The molecule has 1 heterocycles. The second kappa shape index (κ2) is 4.66. The molecule has 1 aliphatic heterocycles. The van der Waals surface area contributed by atoms with Gasteiger partial charge in [0, 0.05) is 6.42 Å². The molecule has 0 saturated heterocycles. The van der Waals surface area contributed by atoms with Gasteiger partial charge in [0.2, 0.25) is 0 Å². The first-order chi connectivity index (χ1) is 7.72. The number of hydrogen-bond acceptors (Lipinski definition) is 2. The van der Waals surface area contributed by atoms with Gasteiger partial charge in [0.1, 0.15) is 11.6 Å². The average Bonchev–Trinajstić information content (AvgIpc) is 2.75. The smallest absolute Gasteiger partial charge is 0.123 e. The van der Waals surface area contributed by atoms with Gasteiger partial charge < -0.3 is 10.1 Å². The van der Waals surface area contributed by atoms with Crippen molar-refractivity contribution in [3.63, 3.8) is 0 Å². The van der Waals surface area contributed by atoms with E-state index in [0.29, 0.717) is 0 Å². The van der Waals surface area contributed by atoms with E-state index in [9.17, 15) is 4.39 Å². The van der Waals surface area contributed by atoms with Crippen molar-refractivity contribution in [3.8, 4) is 0 Å². The number of halogens is 1. The molecule has 0 radical (unpaired) electrons. The van der Waals surface area contributed by atoms with Gasteiger partial charge in [-0.25, -0.2) is 4.39 Å². The fourth-order valence-corrected chi connectivity index (χ4v) is 2.05. The topological polar surface area (TPSA) is 21.3 Å². The van der Waals surface area contributed by atoms with Gasteiger partial charge in [-0.1, -0.05) is 6.07 Å². The lowest BCUT2D eigenvalue weighted by Gasteiger charge is -2.19. The van der Waals surface area contributed by atoms with Crippen molar-refractivity contribution in [1.29, 1.82) is 0 Å². The number of benzene rings is 1. The summed E-state index contributed by atoms with van der Waals surface area (Å²) in [5.74, 6) is 0.745. The number of rotatable bonds is 3. The highest BCUT2D eigenvalue weighted by Gasteiger charge is 2.20. The summed E-state index contributed by atoms with van der Waals surface area (Å²) < 4.78 is 18.6. The van der Waals surface area contributed by atoms with E-state index in [1.165, 1.54) is 6.07 Å². The highest BCUT2D eigenvalue weighted by atomic mass is 19.1. The number of nitrogens with one attached hydrogen (secondary N) is 1. The minimum absolute atomic E-state index is 0.0306. The molecule has 1 aliphatic rings. The summed E-state index contributed by atoms with van der Waals surface area (Å²) in [5, 5.41) is 3.20. The molecule has 1 atom stereocenters. The second-order valence-corrected chi connectivity index (χ2v) is 3.97. The molecule has 0 bridgehead atoms. The van der Waals surface area contributed by atoms with E-state index in [2.05, 4.69) is 11.4 Å². The number of hydrogen-bond donors (Lipinski definition) is 1. The Bertz CT molecular complexity index is 414.